The summed E-state index contributed by atoms with van der Waals surface area (Å²) in [5.41, 5.74) is 2.13. The molecule has 1 amide bonds. The SMILES string of the molecule is Cc1cc(C(=O)NCC2CN(c3ccc(-c4ccncc4)nn3)C2)no1. The molecular formula is C18H18N6O2. The number of anilines is 1. The van der Waals surface area contributed by atoms with Gasteiger partial charge >= 0.3 is 0 Å². The fourth-order valence-electron chi connectivity index (χ4n) is 2.86. The van der Waals surface area contributed by atoms with E-state index in [9.17, 15) is 4.79 Å². The molecule has 1 fully saturated rings. The third kappa shape index (κ3) is 3.39. The highest BCUT2D eigenvalue weighted by Gasteiger charge is 2.28. The van der Waals surface area contributed by atoms with Crippen molar-refractivity contribution in [3.8, 4) is 11.3 Å². The maximum atomic E-state index is 12.0. The fourth-order valence-corrected chi connectivity index (χ4v) is 2.86. The first-order valence-electron chi connectivity index (χ1n) is 8.39. The second-order valence-corrected chi connectivity index (χ2v) is 6.32. The van der Waals surface area contributed by atoms with Crippen molar-refractivity contribution in [2.45, 2.75) is 6.92 Å². The van der Waals surface area contributed by atoms with Crippen LogP contribution in [0.3, 0.4) is 0 Å². The lowest BCUT2D eigenvalue weighted by molar-refractivity contribution is 0.0935. The number of hydrogen-bond donors (Lipinski definition) is 1. The van der Waals surface area contributed by atoms with Crippen LogP contribution in [0, 0.1) is 12.8 Å². The van der Waals surface area contributed by atoms with Gasteiger partial charge in [0, 0.05) is 49.6 Å². The molecule has 0 spiro atoms. The van der Waals surface area contributed by atoms with Gasteiger partial charge < -0.3 is 14.7 Å². The lowest BCUT2D eigenvalue weighted by Crippen LogP contribution is -2.52. The largest absolute Gasteiger partial charge is 0.361 e. The quantitative estimate of drug-likeness (QED) is 0.748. The molecule has 8 heteroatoms. The third-order valence-electron chi connectivity index (χ3n) is 4.32. The predicted molar refractivity (Wildman–Crippen MR) is 94.5 cm³/mol. The van der Waals surface area contributed by atoms with E-state index in [0.29, 0.717) is 23.9 Å². The number of amides is 1. The molecule has 4 rings (SSSR count). The van der Waals surface area contributed by atoms with Crippen LogP contribution in [0.15, 0.2) is 47.2 Å². The lowest BCUT2D eigenvalue weighted by Gasteiger charge is -2.39. The first-order chi connectivity index (χ1) is 12.7. The molecule has 0 radical (unpaired) electrons. The summed E-state index contributed by atoms with van der Waals surface area (Å²) < 4.78 is 4.91. The minimum absolute atomic E-state index is 0.207. The fraction of sp³-hybridized carbons (Fsp3) is 0.278. The maximum Gasteiger partial charge on any atom is 0.273 e. The average molecular weight is 350 g/mol. The van der Waals surface area contributed by atoms with Crippen LogP contribution in [0.4, 0.5) is 5.82 Å². The molecule has 132 valence electrons. The number of nitrogens with one attached hydrogen (secondary N) is 1. The average Bonchev–Trinajstić information content (AvgIpc) is 3.08. The van der Waals surface area contributed by atoms with E-state index in [-0.39, 0.29) is 5.91 Å². The van der Waals surface area contributed by atoms with Crippen LogP contribution < -0.4 is 10.2 Å². The van der Waals surface area contributed by atoms with Gasteiger partial charge in [-0.25, -0.2) is 0 Å². The molecule has 8 nitrogen and oxygen atoms in total. The van der Waals surface area contributed by atoms with Crippen LogP contribution >= 0.6 is 0 Å². The summed E-state index contributed by atoms with van der Waals surface area (Å²) >= 11 is 0. The van der Waals surface area contributed by atoms with Gasteiger partial charge in [-0.2, -0.15) is 0 Å². The van der Waals surface area contributed by atoms with Gasteiger partial charge in [-0.15, -0.1) is 10.2 Å². The van der Waals surface area contributed by atoms with Crippen LogP contribution in [0.1, 0.15) is 16.2 Å². The summed E-state index contributed by atoms with van der Waals surface area (Å²) in [7, 11) is 0. The molecule has 0 bridgehead atoms. The maximum absolute atomic E-state index is 12.0. The summed E-state index contributed by atoms with van der Waals surface area (Å²) in [5, 5.41) is 15.2. The van der Waals surface area contributed by atoms with Crippen molar-refractivity contribution in [2.24, 2.45) is 5.92 Å². The number of pyridine rings is 1. The second-order valence-electron chi connectivity index (χ2n) is 6.32. The normalized spacial score (nSPS) is 14.1. The van der Waals surface area contributed by atoms with Crippen molar-refractivity contribution in [2.75, 3.05) is 24.5 Å². The Morgan fingerprint density at radius 2 is 2.04 bits per heavy atom. The standard InChI is InChI=1S/C18H18N6O2/c1-12-8-16(23-26-12)18(25)20-9-13-10-24(11-13)17-3-2-15(21-22-17)14-4-6-19-7-5-14/h2-8,13H,9-11H2,1H3,(H,20,25). The van der Waals surface area contributed by atoms with Crippen LogP contribution in [0.25, 0.3) is 11.3 Å². The van der Waals surface area contributed by atoms with E-state index < -0.39 is 0 Å². The van der Waals surface area contributed by atoms with Gasteiger partial charge in [0.1, 0.15) is 5.76 Å². The van der Waals surface area contributed by atoms with Crippen molar-refractivity contribution in [3.05, 3.63) is 54.2 Å². The van der Waals surface area contributed by atoms with Crippen molar-refractivity contribution < 1.29 is 9.32 Å². The van der Waals surface area contributed by atoms with E-state index >= 15 is 0 Å². The molecule has 1 saturated heterocycles. The first kappa shape index (κ1) is 16.2. The van der Waals surface area contributed by atoms with E-state index in [1.807, 2.05) is 24.3 Å². The molecule has 0 saturated carbocycles. The molecule has 4 heterocycles. The minimum atomic E-state index is -0.207. The molecule has 0 unspecified atom stereocenters. The molecule has 1 aliphatic heterocycles. The van der Waals surface area contributed by atoms with Crippen molar-refractivity contribution in [1.82, 2.24) is 25.7 Å². The van der Waals surface area contributed by atoms with Crippen molar-refractivity contribution in [3.63, 3.8) is 0 Å². The Morgan fingerprint density at radius 3 is 2.69 bits per heavy atom. The zero-order valence-electron chi connectivity index (χ0n) is 14.3. The number of hydrogen-bond acceptors (Lipinski definition) is 7. The summed E-state index contributed by atoms with van der Waals surface area (Å²) in [6.07, 6.45) is 3.47. The Kier molecular flexibility index (Phi) is 4.30. The molecule has 0 aliphatic carbocycles. The number of carbonyl (C=O) groups is 1. The van der Waals surface area contributed by atoms with Crippen LogP contribution in [0.5, 0.6) is 0 Å². The minimum Gasteiger partial charge on any atom is -0.361 e. The smallest absolute Gasteiger partial charge is 0.273 e. The van der Waals surface area contributed by atoms with Gasteiger partial charge in [-0.1, -0.05) is 5.16 Å². The third-order valence-corrected chi connectivity index (χ3v) is 4.32. The van der Waals surface area contributed by atoms with E-state index in [0.717, 1.165) is 30.2 Å². The molecule has 0 aromatic carbocycles. The lowest BCUT2D eigenvalue weighted by atomic mass is 10.00. The number of nitrogens with zero attached hydrogens (tertiary/aromatic N) is 5. The Labute approximate surface area is 150 Å². The molecule has 0 atom stereocenters. The Hall–Kier alpha value is -3.29. The highest BCUT2D eigenvalue weighted by Crippen LogP contribution is 2.23. The summed E-state index contributed by atoms with van der Waals surface area (Å²) in [5.74, 6) is 1.65. The van der Waals surface area contributed by atoms with Crippen LogP contribution in [0.2, 0.25) is 0 Å². The van der Waals surface area contributed by atoms with Gasteiger partial charge in [0.15, 0.2) is 11.5 Å². The summed E-state index contributed by atoms with van der Waals surface area (Å²) in [6, 6.07) is 9.36. The predicted octanol–water partition coefficient (Wildman–Crippen LogP) is 1.70. The zero-order valence-corrected chi connectivity index (χ0v) is 14.3. The van der Waals surface area contributed by atoms with Gasteiger partial charge in [-0.3, -0.25) is 9.78 Å². The Balaban J connectivity index is 1.27. The van der Waals surface area contributed by atoms with Gasteiger partial charge in [0.05, 0.1) is 5.69 Å². The van der Waals surface area contributed by atoms with E-state index in [1.54, 1.807) is 25.4 Å². The monoisotopic (exact) mass is 350 g/mol. The van der Waals surface area contributed by atoms with Crippen molar-refractivity contribution in [1.29, 1.82) is 0 Å². The Morgan fingerprint density at radius 1 is 1.23 bits per heavy atom. The molecule has 26 heavy (non-hydrogen) atoms. The first-order valence-corrected chi connectivity index (χ1v) is 8.39. The van der Waals surface area contributed by atoms with Gasteiger partial charge in [0.25, 0.3) is 5.91 Å². The molecule has 3 aromatic rings. The van der Waals surface area contributed by atoms with Crippen LogP contribution in [-0.2, 0) is 0 Å². The number of aromatic nitrogens is 4. The summed E-state index contributed by atoms with van der Waals surface area (Å²) in [6.45, 7) is 4.03. The summed E-state index contributed by atoms with van der Waals surface area (Å²) in [4.78, 5) is 18.1. The van der Waals surface area contributed by atoms with E-state index in [2.05, 4.69) is 30.6 Å². The molecule has 1 N–H and O–H groups in total. The van der Waals surface area contributed by atoms with Gasteiger partial charge in [-0.05, 0) is 31.2 Å². The van der Waals surface area contributed by atoms with Crippen LogP contribution in [-0.4, -0.2) is 45.9 Å². The van der Waals surface area contributed by atoms with E-state index in [1.165, 1.54) is 0 Å². The topological polar surface area (TPSA) is 97.0 Å². The number of carbonyl (C=O) groups excluding carboxylic acids is 1. The molecule has 3 aromatic heterocycles. The molecular weight excluding hydrogens is 332 g/mol. The molecule has 1 aliphatic rings. The zero-order chi connectivity index (χ0) is 17.9. The highest BCUT2D eigenvalue weighted by atomic mass is 16.5. The van der Waals surface area contributed by atoms with E-state index in [4.69, 9.17) is 4.52 Å². The second kappa shape index (κ2) is 6.91. The van der Waals surface area contributed by atoms with Gasteiger partial charge in [0.2, 0.25) is 0 Å². The Bertz CT molecular complexity index is 888. The number of rotatable bonds is 5. The highest BCUT2D eigenvalue weighted by molar-refractivity contribution is 5.92. The number of aryl methyl sites for hydroxylation is 1. The van der Waals surface area contributed by atoms with Crippen molar-refractivity contribution >= 4 is 11.7 Å².